The molecule has 0 radical (unpaired) electrons. The summed E-state index contributed by atoms with van der Waals surface area (Å²) >= 11 is 25.0. The van der Waals surface area contributed by atoms with Crippen molar-refractivity contribution in [2.24, 2.45) is 0 Å². The van der Waals surface area contributed by atoms with Crippen molar-refractivity contribution in [2.75, 3.05) is 0 Å². The van der Waals surface area contributed by atoms with Crippen LogP contribution in [-0.2, 0) is 14.3 Å². The first-order valence-corrected chi connectivity index (χ1v) is 15.9. The van der Waals surface area contributed by atoms with Crippen LogP contribution in [0.4, 0.5) is 0 Å². The van der Waals surface area contributed by atoms with E-state index in [2.05, 4.69) is 13.8 Å². The van der Waals surface area contributed by atoms with E-state index in [-0.39, 0.29) is 36.5 Å². The lowest BCUT2D eigenvalue weighted by Gasteiger charge is -2.28. The van der Waals surface area contributed by atoms with Crippen molar-refractivity contribution < 1.29 is 14.3 Å². The number of rotatable bonds is 12. The Morgan fingerprint density at radius 2 is 0.884 bits per heavy atom. The molecular formula is C36H34Cl4O3. The molecule has 0 heterocycles. The Bertz CT molecular complexity index is 1400. The minimum absolute atomic E-state index is 0.0233. The molecule has 224 valence electrons. The monoisotopic (exact) mass is 654 g/mol. The molecule has 4 rings (SSSR count). The Hall–Kier alpha value is -2.82. The predicted octanol–water partition coefficient (Wildman–Crippen LogP) is 11.4. The fourth-order valence-corrected chi connectivity index (χ4v) is 6.60. The van der Waals surface area contributed by atoms with Gasteiger partial charge < -0.3 is 4.74 Å². The normalized spacial score (nSPS) is 14.0. The first-order valence-electron chi connectivity index (χ1n) is 14.4. The summed E-state index contributed by atoms with van der Waals surface area (Å²) in [5.41, 5.74) is 3.91. The lowest BCUT2D eigenvalue weighted by atomic mass is 9.77. The van der Waals surface area contributed by atoms with Crippen molar-refractivity contribution >= 4 is 58.3 Å². The van der Waals surface area contributed by atoms with Gasteiger partial charge in [-0.05, 0) is 95.5 Å². The van der Waals surface area contributed by atoms with E-state index >= 15 is 0 Å². The first-order chi connectivity index (χ1) is 20.7. The molecule has 0 saturated heterocycles. The number of carbonyl (C=O) groups is 2. The molecule has 0 N–H and O–H groups in total. The summed E-state index contributed by atoms with van der Waals surface area (Å²) in [7, 11) is 0. The molecule has 7 heteroatoms. The average molecular weight is 656 g/mol. The fourth-order valence-electron chi connectivity index (χ4n) is 5.95. The lowest BCUT2D eigenvalue weighted by Crippen LogP contribution is -2.22. The number of halogens is 4. The van der Waals surface area contributed by atoms with E-state index in [1.54, 1.807) is 0 Å². The number of esters is 2. The third-order valence-electron chi connectivity index (χ3n) is 8.00. The van der Waals surface area contributed by atoms with Gasteiger partial charge in [-0.3, -0.25) is 9.59 Å². The van der Waals surface area contributed by atoms with Gasteiger partial charge >= 0.3 is 11.9 Å². The molecule has 0 saturated carbocycles. The minimum atomic E-state index is -0.573. The number of hydrogen-bond acceptors (Lipinski definition) is 3. The molecule has 0 unspecified atom stereocenters. The third kappa shape index (κ3) is 9.09. The van der Waals surface area contributed by atoms with Crippen LogP contribution in [0.15, 0.2) is 97.1 Å². The Labute approximate surface area is 274 Å². The van der Waals surface area contributed by atoms with Gasteiger partial charge in [0.1, 0.15) is 0 Å². The van der Waals surface area contributed by atoms with Gasteiger partial charge in [0.2, 0.25) is 0 Å². The van der Waals surface area contributed by atoms with E-state index in [0.717, 1.165) is 35.1 Å². The number of ether oxygens (including phenoxy) is 1. The van der Waals surface area contributed by atoms with Gasteiger partial charge in [0, 0.05) is 31.9 Å². The zero-order valence-corrected chi connectivity index (χ0v) is 27.1. The molecule has 0 aromatic heterocycles. The molecule has 4 atom stereocenters. The quantitative estimate of drug-likeness (QED) is 0.113. The molecule has 0 aliphatic carbocycles. The highest BCUT2D eigenvalue weighted by molar-refractivity contribution is 6.31. The van der Waals surface area contributed by atoms with Crippen LogP contribution in [0.5, 0.6) is 0 Å². The molecule has 4 aromatic carbocycles. The molecule has 0 aliphatic rings. The Morgan fingerprint density at radius 1 is 0.512 bits per heavy atom. The highest BCUT2D eigenvalue weighted by Gasteiger charge is 2.31. The van der Waals surface area contributed by atoms with Crippen molar-refractivity contribution in [1.29, 1.82) is 0 Å². The Morgan fingerprint density at radius 3 is 1.21 bits per heavy atom. The molecule has 4 aromatic rings. The second-order valence-electron chi connectivity index (χ2n) is 10.7. The van der Waals surface area contributed by atoms with Crippen LogP contribution in [0.3, 0.4) is 0 Å². The first kappa shape index (κ1) is 33.1. The maximum atomic E-state index is 13.4. The van der Waals surface area contributed by atoms with Crippen LogP contribution < -0.4 is 0 Å². The summed E-state index contributed by atoms with van der Waals surface area (Å²) in [5.74, 6) is -1.70. The topological polar surface area (TPSA) is 43.4 Å². The highest BCUT2D eigenvalue weighted by Crippen LogP contribution is 2.41. The lowest BCUT2D eigenvalue weighted by molar-refractivity contribution is -0.160. The van der Waals surface area contributed by atoms with Crippen molar-refractivity contribution in [2.45, 2.75) is 63.2 Å². The maximum absolute atomic E-state index is 13.4. The summed E-state index contributed by atoms with van der Waals surface area (Å²) in [6, 6.07) is 30.2. The van der Waals surface area contributed by atoms with Gasteiger partial charge in [-0.25, -0.2) is 0 Å². The van der Waals surface area contributed by atoms with Crippen LogP contribution in [-0.4, -0.2) is 11.9 Å². The summed E-state index contributed by atoms with van der Waals surface area (Å²) in [5, 5.41) is 2.47. The molecule has 0 bridgehead atoms. The van der Waals surface area contributed by atoms with E-state index in [1.807, 2.05) is 97.1 Å². The average Bonchev–Trinajstić information content (AvgIpc) is 2.98. The second kappa shape index (κ2) is 15.8. The number of hydrogen-bond donors (Lipinski definition) is 0. The number of carbonyl (C=O) groups excluding carboxylic acids is 2. The van der Waals surface area contributed by atoms with Crippen LogP contribution in [0, 0.1) is 0 Å². The van der Waals surface area contributed by atoms with Crippen LogP contribution in [0.2, 0.25) is 20.1 Å². The van der Waals surface area contributed by atoms with Gasteiger partial charge in [-0.1, -0.05) is 109 Å². The number of benzene rings is 4. The van der Waals surface area contributed by atoms with E-state index < -0.39 is 11.9 Å². The molecule has 43 heavy (non-hydrogen) atoms. The minimum Gasteiger partial charge on any atom is -0.393 e. The Kier molecular flexibility index (Phi) is 12.1. The zero-order valence-electron chi connectivity index (χ0n) is 24.1. The summed E-state index contributed by atoms with van der Waals surface area (Å²) in [6.07, 6.45) is 1.56. The second-order valence-corrected chi connectivity index (χ2v) is 12.5. The third-order valence-corrected chi connectivity index (χ3v) is 8.98. The molecular weight excluding hydrogens is 622 g/mol. The van der Waals surface area contributed by atoms with E-state index in [4.69, 9.17) is 51.1 Å². The smallest absolute Gasteiger partial charge is 0.314 e. The Balaban J connectivity index is 1.57. The molecule has 0 aliphatic heterocycles. The van der Waals surface area contributed by atoms with Crippen LogP contribution >= 0.6 is 46.4 Å². The van der Waals surface area contributed by atoms with Gasteiger partial charge in [0.05, 0.1) is 12.8 Å². The molecule has 3 nitrogen and oxygen atoms in total. The maximum Gasteiger partial charge on any atom is 0.314 e. The van der Waals surface area contributed by atoms with E-state index in [9.17, 15) is 9.59 Å². The van der Waals surface area contributed by atoms with Gasteiger partial charge in [-0.15, -0.1) is 0 Å². The summed E-state index contributed by atoms with van der Waals surface area (Å²) < 4.78 is 5.53. The standard InChI is InChI=1S/C36H34Cl4O3/c1-3-31(25-7-5-9-29(39)19-25)33(23-11-15-27(37)16-12-23)21-35(41)43-36(42)22-34(24-13-17-28(38)18-14-24)32(4-2)26-8-6-10-30(40)20-26/h5-20,31-34H,3-4,21-22H2,1-2H3/t31-,32-,33+,34+/m0/s1. The SMILES string of the molecule is CC[C@@H](c1cccc(Cl)c1)[C@H](CC(=O)OC(=O)C[C@H](c1ccc(Cl)cc1)[C@@H](CC)c1cccc(Cl)c1)c1ccc(Cl)cc1. The summed E-state index contributed by atoms with van der Waals surface area (Å²) in [4.78, 5) is 26.8. The molecule has 0 amide bonds. The summed E-state index contributed by atoms with van der Waals surface area (Å²) in [6.45, 7) is 4.14. The van der Waals surface area contributed by atoms with Gasteiger partial charge in [-0.2, -0.15) is 0 Å². The molecule has 0 spiro atoms. The van der Waals surface area contributed by atoms with Gasteiger partial charge in [0.25, 0.3) is 0 Å². The van der Waals surface area contributed by atoms with E-state index in [0.29, 0.717) is 20.1 Å². The van der Waals surface area contributed by atoms with Crippen molar-refractivity contribution in [3.63, 3.8) is 0 Å². The van der Waals surface area contributed by atoms with E-state index in [1.165, 1.54) is 0 Å². The zero-order chi connectivity index (χ0) is 30.9. The largest absolute Gasteiger partial charge is 0.393 e. The highest BCUT2D eigenvalue weighted by atomic mass is 35.5. The van der Waals surface area contributed by atoms with Crippen LogP contribution in [0.1, 0.15) is 85.5 Å². The van der Waals surface area contributed by atoms with Crippen LogP contribution in [0.25, 0.3) is 0 Å². The predicted molar refractivity (Wildman–Crippen MR) is 178 cm³/mol. The fraction of sp³-hybridized carbons (Fsp3) is 0.278. The van der Waals surface area contributed by atoms with Crippen molar-refractivity contribution in [3.8, 4) is 0 Å². The van der Waals surface area contributed by atoms with Gasteiger partial charge in [0.15, 0.2) is 0 Å². The van der Waals surface area contributed by atoms with Crippen molar-refractivity contribution in [1.82, 2.24) is 0 Å². The van der Waals surface area contributed by atoms with Crippen molar-refractivity contribution in [3.05, 3.63) is 139 Å². The molecule has 0 fully saturated rings.